The Kier molecular flexibility index (Phi) is 9.27. The zero-order chi connectivity index (χ0) is 48.0. The van der Waals surface area contributed by atoms with Gasteiger partial charge in [-0.3, -0.25) is 9.88 Å². The van der Waals surface area contributed by atoms with Crippen LogP contribution < -0.4 is 5.32 Å². The quantitative estimate of drug-likeness (QED) is 0.180. The summed E-state index contributed by atoms with van der Waals surface area (Å²) in [6, 6.07) is 89.0. The Labute approximate surface area is 420 Å². The van der Waals surface area contributed by atoms with Crippen molar-refractivity contribution in [2.75, 3.05) is 0 Å². The summed E-state index contributed by atoms with van der Waals surface area (Å²) >= 11 is 0. The maximum Gasteiger partial charge on any atom is 0.312 e. The summed E-state index contributed by atoms with van der Waals surface area (Å²) in [5, 5.41) is 9.45. The smallest absolute Gasteiger partial charge is 0.306 e. The van der Waals surface area contributed by atoms with Crippen LogP contribution in [-0.4, -0.2) is 29.6 Å². The highest BCUT2D eigenvalue weighted by atomic mass is 15.2. The van der Waals surface area contributed by atoms with Crippen LogP contribution in [0.3, 0.4) is 0 Å². The maximum atomic E-state index is 5.57. The standard InChI is InChI=1S/C66H43N7/c1-5-20-43(21-6-1)60-41-55-64(71(60)48-26-11-4-12-27-48)63(45-24-9-3-10-25-45)70-66(68-55)72-56-32-18-16-29-50(56)52-39-46(34-36-57(52)72)47-35-37-58-53(40-47)61-49-28-14-13-19-42(49)33-38-59(61)73(58)65-67-54-31-17-15-30-51(54)62(69-65)44-22-7-2-8-23-44/h1-41,62H,(H,67,69)/p+1. The van der Waals surface area contributed by atoms with E-state index in [4.69, 9.17) is 15.0 Å². The van der Waals surface area contributed by atoms with Gasteiger partial charge in [0.25, 0.3) is 0 Å². The molecule has 73 heavy (non-hydrogen) atoms. The number of aliphatic imine (C=N–C) groups is 1. The van der Waals surface area contributed by atoms with Crippen LogP contribution in [0.4, 0.5) is 5.69 Å². The Hall–Kier alpha value is -9.69. The van der Waals surface area contributed by atoms with E-state index < -0.39 is 0 Å². The molecule has 1 aliphatic rings. The van der Waals surface area contributed by atoms with Gasteiger partial charge in [-0.2, -0.15) is 4.99 Å². The van der Waals surface area contributed by atoms with Crippen LogP contribution in [0.2, 0.25) is 0 Å². The Morgan fingerprint density at radius 1 is 0.397 bits per heavy atom. The van der Waals surface area contributed by atoms with E-state index in [1.54, 1.807) is 0 Å². The largest absolute Gasteiger partial charge is 0.312 e. The molecule has 1 atom stereocenters. The Morgan fingerprint density at radius 2 is 1.00 bits per heavy atom. The second-order valence-electron chi connectivity index (χ2n) is 19.0. The number of rotatable bonds is 6. The van der Waals surface area contributed by atoms with Gasteiger partial charge in [0, 0.05) is 43.9 Å². The number of para-hydroxylation sites is 3. The molecule has 5 heterocycles. The zero-order valence-electron chi connectivity index (χ0n) is 39.5. The fourth-order valence-corrected chi connectivity index (χ4v) is 11.6. The summed E-state index contributed by atoms with van der Waals surface area (Å²) in [7, 11) is 0. The molecule has 1 unspecified atom stereocenters. The average Bonchev–Trinajstić information content (AvgIpc) is 4.13. The Morgan fingerprint density at radius 3 is 1.78 bits per heavy atom. The molecule has 0 amide bonds. The van der Waals surface area contributed by atoms with Crippen molar-refractivity contribution in [3.8, 4) is 45.3 Å². The SMILES string of the molecule is c1ccc(-c2nc(-n3c4ccccc4c4cc(-c5ccc6c(c5)c5c7ccccc7ccc5n6C5=Nc6ccccc6C(c6ccccc6)[NH2+]5)ccc43)nc3cc(-c4ccccc4)n(-c4ccccc4)c23)cc1. The van der Waals surface area contributed by atoms with E-state index in [9.17, 15) is 0 Å². The lowest BCUT2D eigenvalue weighted by Gasteiger charge is -2.23. The fraction of sp³-hybridized carbons (Fsp3) is 0.0152. The molecule has 10 aromatic carbocycles. The van der Waals surface area contributed by atoms with E-state index >= 15 is 0 Å². The third-order valence-corrected chi connectivity index (χ3v) is 14.8. The van der Waals surface area contributed by atoms with Crippen molar-refractivity contribution in [2.24, 2.45) is 4.99 Å². The van der Waals surface area contributed by atoms with Gasteiger partial charge in [-0.25, -0.2) is 14.5 Å². The first-order valence-electron chi connectivity index (χ1n) is 24.9. The summed E-state index contributed by atoms with van der Waals surface area (Å²) in [6.45, 7) is 0. The van der Waals surface area contributed by atoms with Crippen molar-refractivity contribution < 1.29 is 5.32 Å². The molecule has 2 N–H and O–H groups in total. The second-order valence-corrected chi connectivity index (χ2v) is 19.0. The highest BCUT2D eigenvalue weighted by molar-refractivity contribution is 6.24. The van der Waals surface area contributed by atoms with Crippen molar-refractivity contribution in [3.63, 3.8) is 0 Å². The minimum absolute atomic E-state index is 0.0605. The molecule has 15 rings (SSSR count). The summed E-state index contributed by atoms with van der Waals surface area (Å²) in [5.74, 6) is 1.55. The monoisotopic (exact) mass is 934 g/mol. The van der Waals surface area contributed by atoms with Crippen molar-refractivity contribution in [1.29, 1.82) is 0 Å². The third kappa shape index (κ3) is 6.53. The molecular formula is C66H44N7+. The fourth-order valence-electron chi connectivity index (χ4n) is 11.6. The second kappa shape index (κ2) is 16.5. The van der Waals surface area contributed by atoms with Crippen molar-refractivity contribution >= 4 is 77.1 Å². The number of aromatic nitrogens is 5. The Bertz CT molecular complexity index is 4510. The van der Waals surface area contributed by atoms with Crippen molar-refractivity contribution in [1.82, 2.24) is 23.7 Å². The van der Waals surface area contributed by atoms with Gasteiger partial charge in [-0.15, -0.1) is 0 Å². The van der Waals surface area contributed by atoms with Gasteiger partial charge in [0.05, 0.1) is 44.5 Å². The molecule has 4 aromatic heterocycles. The number of fused-ring (bicyclic) bond motifs is 10. The van der Waals surface area contributed by atoms with Gasteiger partial charge >= 0.3 is 5.96 Å². The minimum atomic E-state index is 0.0605. The number of nitrogens with zero attached hydrogens (tertiary/aromatic N) is 6. The molecule has 1 aliphatic heterocycles. The van der Waals surface area contributed by atoms with Crippen LogP contribution in [0.15, 0.2) is 254 Å². The molecule has 0 aliphatic carbocycles. The van der Waals surface area contributed by atoms with Gasteiger partial charge in [-0.05, 0) is 88.1 Å². The molecule has 14 aromatic rings. The van der Waals surface area contributed by atoms with Gasteiger partial charge in [0.1, 0.15) is 11.7 Å². The number of hydrogen-bond donors (Lipinski definition) is 1. The summed E-state index contributed by atoms with van der Waals surface area (Å²) in [5.41, 5.74) is 17.0. The van der Waals surface area contributed by atoms with Crippen molar-refractivity contribution in [3.05, 3.63) is 260 Å². The first-order valence-corrected chi connectivity index (χ1v) is 24.9. The highest BCUT2D eigenvalue weighted by Gasteiger charge is 2.31. The number of nitrogens with two attached hydrogens (primary N) is 1. The molecule has 0 saturated heterocycles. The van der Waals surface area contributed by atoms with Gasteiger partial charge in [0.2, 0.25) is 5.95 Å². The highest BCUT2D eigenvalue weighted by Crippen LogP contribution is 2.42. The normalized spacial score (nSPS) is 13.6. The zero-order valence-corrected chi connectivity index (χ0v) is 39.5. The predicted octanol–water partition coefficient (Wildman–Crippen LogP) is 15.0. The molecule has 7 heteroatoms. The van der Waals surface area contributed by atoms with Crippen LogP contribution >= 0.6 is 0 Å². The maximum absolute atomic E-state index is 5.57. The van der Waals surface area contributed by atoms with Crippen LogP contribution in [0.1, 0.15) is 17.2 Å². The predicted molar refractivity (Wildman–Crippen MR) is 299 cm³/mol. The lowest BCUT2D eigenvalue weighted by molar-refractivity contribution is -0.581. The first-order chi connectivity index (χ1) is 36.2. The molecule has 0 bridgehead atoms. The number of quaternary nitrogens is 1. The average molecular weight is 935 g/mol. The number of benzene rings is 10. The minimum Gasteiger partial charge on any atom is -0.306 e. The molecule has 0 radical (unpaired) electrons. The molecule has 0 fully saturated rings. The topological polar surface area (TPSA) is 69.5 Å². The van der Waals surface area contributed by atoms with E-state index in [-0.39, 0.29) is 6.04 Å². The molecule has 0 saturated carbocycles. The van der Waals surface area contributed by atoms with E-state index in [0.717, 1.165) is 94.8 Å². The summed E-state index contributed by atoms with van der Waals surface area (Å²) < 4.78 is 6.93. The lowest BCUT2D eigenvalue weighted by atomic mass is 9.96. The van der Waals surface area contributed by atoms with E-state index in [2.05, 4.69) is 268 Å². The number of hydrogen-bond acceptors (Lipinski definition) is 3. The molecule has 7 nitrogen and oxygen atoms in total. The van der Waals surface area contributed by atoms with Gasteiger partial charge < -0.3 is 4.57 Å². The third-order valence-electron chi connectivity index (χ3n) is 14.8. The first kappa shape index (κ1) is 41.1. The van der Waals surface area contributed by atoms with Crippen LogP contribution in [-0.2, 0) is 0 Å². The molecular weight excluding hydrogens is 891 g/mol. The van der Waals surface area contributed by atoms with Gasteiger partial charge in [-0.1, -0.05) is 188 Å². The molecule has 342 valence electrons. The summed E-state index contributed by atoms with van der Waals surface area (Å²) in [6.07, 6.45) is 0. The molecule has 0 spiro atoms. The Balaban J connectivity index is 0.924. The van der Waals surface area contributed by atoms with E-state index in [1.165, 1.54) is 32.7 Å². The van der Waals surface area contributed by atoms with Gasteiger partial charge in [0.15, 0.2) is 0 Å². The van der Waals surface area contributed by atoms with Crippen LogP contribution in [0.5, 0.6) is 0 Å². The van der Waals surface area contributed by atoms with Crippen molar-refractivity contribution in [2.45, 2.75) is 6.04 Å². The summed E-state index contributed by atoms with van der Waals surface area (Å²) in [4.78, 5) is 16.5. The van der Waals surface area contributed by atoms with Crippen LogP contribution in [0.25, 0.3) is 111 Å². The van der Waals surface area contributed by atoms with E-state index in [0.29, 0.717) is 5.95 Å². The van der Waals surface area contributed by atoms with E-state index in [1.807, 2.05) is 0 Å². The van der Waals surface area contributed by atoms with Crippen LogP contribution in [0, 0.1) is 0 Å². The lowest BCUT2D eigenvalue weighted by Crippen LogP contribution is -2.91.